The van der Waals surface area contributed by atoms with Gasteiger partial charge in [-0.3, -0.25) is 4.79 Å². The number of nitrogens with zero attached hydrogens (tertiary/aromatic N) is 1. The zero-order valence-electron chi connectivity index (χ0n) is 8.65. The first-order chi connectivity index (χ1) is 8.23. The molecule has 4 N–H and O–H groups in total. The number of H-pyrrole nitrogens is 1. The molecule has 0 aliphatic heterocycles. The third-order valence-electron chi connectivity index (χ3n) is 1.90. The molecular formula is C8H8F3N3O4. The van der Waals surface area contributed by atoms with E-state index in [0.717, 1.165) is 6.33 Å². The van der Waals surface area contributed by atoms with E-state index < -0.39 is 42.1 Å². The molecule has 0 fully saturated rings. The number of hydrogen-bond acceptors (Lipinski definition) is 4. The van der Waals surface area contributed by atoms with Crippen molar-refractivity contribution in [2.45, 2.75) is 12.3 Å². The van der Waals surface area contributed by atoms with Gasteiger partial charge in [0, 0.05) is 0 Å². The molecule has 18 heavy (non-hydrogen) atoms. The summed E-state index contributed by atoms with van der Waals surface area (Å²) in [6, 6.07) is 0. The summed E-state index contributed by atoms with van der Waals surface area (Å²) in [5.74, 6) is -2.61. The van der Waals surface area contributed by atoms with Crippen LogP contribution in [0.3, 0.4) is 0 Å². The van der Waals surface area contributed by atoms with Gasteiger partial charge in [0.25, 0.3) is 5.91 Å². The Bertz CT molecular complexity index is 457. The molecule has 1 unspecified atom stereocenters. The molecule has 1 aromatic rings. The van der Waals surface area contributed by atoms with Crippen LogP contribution >= 0.6 is 0 Å². The molecule has 7 nitrogen and oxygen atoms in total. The van der Waals surface area contributed by atoms with Crippen LogP contribution in [0.1, 0.15) is 21.0 Å². The molecular weight excluding hydrogens is 259 g/mol. The maximum atomic E-state index is 11.9. The average molecular weight is 267 g/mol. The lowest BCUT2D eigenvalue weighted by Crippen LogP contribution is -2.41. The number of aliphatic hydroxyl groups is 1. The predicted octanol–water partition coefficient (Wildman–Crippen LogP) is -0.239. The molecule has 1 amide bonds. The lowest BCUT2D eigenvalue weighted by atomic mass is 10.3. The second kappa shape index (κ2) is 5.04. The Hall–Kier alpha value is -2.10. The quantitative estimate of drug-likeness (QED) is 0.601. The van der Waals surface area contributed by atoms with Crippen molar-refractivity contribution in [3.05, 3.63) is 17.7 Å². The number of carboxylic acids is 1. The Morgan fingerprint density at radius 1 is 1.50 bits per heavy atom. The Balaban J connectivity index is 2.67. The molecule has 0 saturated carbocycles. The number of imidazole rings is 1. The highest BCUT2D eigenvalue weighted by Crippen LogP contribution is 2.19. The minimum atomic E-state index is -4.87. The van der Waals surface area contributed by atoms with Crippen molar-refractivity contribution in [3.8, 4) is 0 Å². The van der Waals surface area contributed by atoms with Crippen LogP contribution in [0.5, 0.6) is 0 Å². The van der Waals surface area contributed by atoms with Crippen LogP contribution in [0.2, 0.25) is 0 Å². The number of carbonyl (C=O) groups is 2. The maximum absolute atomic E-state index is 11.9. The van der Waals surface area contributed by atoms with E-state index in [-0.39, 0.29) is 0 Å². The minimum absolute atomic E-state index is 0.547. The van der Waals surface area contributed by atoms with Crippen molar-refractivity contribution < 1.29 is 33.0 Å². The van der Waals surface area contributed by atoms with Crippen LogP contribution in [-0.2, 0) is 0 Å². The zero-order valence-corrected chi connectivity index (χ0v) is 8.65. The lowest BCUT2D eigenvalue weighted by Gasteiger charge is -2.14. The summed E-state index contributed by atoms with van der Waals surface area (Å²) < 4.78 is 35.8. The van der Waals surface area contributed by atoms with Crippen molar-refractivity contribution in [2.24, 2.45) is 0 Å². The summed E-state index contributed by atoms with van der Waals surface area (Å²) in [5, 5.41) is 19.0. The molecule has 1 rings (SSSR count). The molecule has 0 spiro atoms. The van der Waals surface area contributed by atoms with E-state index in [4.69, 9.17) is 10.2 Å². The highest BCUT2D eigenvalue weighted by atomic mass is 19.4. The van der Waals surface area contributed by atoms with Crippen molar-refractivity contribution in [1.29, 1.82) is 0 Å². The van der Waals surface area contributed by atoms with Crippen LogP contribution in [-0.4, -0.2) is 50.9 Å². The Morgan fingerprint density at radius 3 is 2.61 bits per heavy atom. The number of aromatic carboxylic acids is 1. The molecule has 1 heterocycles. The number of halogens is 3. The highest BCUT2D eigenvalue weighted by Gasteiger charge is 2.38. The van der Waals surface area contributed by atoms with Crippen molar-refractivity contribution >= 4 is 11.9 Å². The largest absolute Gasteiger partial charge is 0.477 e. The highest BCUT2D eigenvalue weighted by molar-refractivity contribution is 6.02. The summed E-state index contributed by atoms with van der Waals surface area (Å²) >= 11 is 0. The molecule has 100 valence electrons. The Labute approximate surface area is 97.6 Å². The summed E-state index contributed by atoms with van der Waals surface area (Å²) in [6.45, 7) is -1.09. The molecule has 1 aromatic heterocycles. The summed E-state index contributed by atoms with van der Waals surface area (Å²) in [6.07, 6.45) is -6.68. The number of rotatable bonds is 4. The number of hydrogen-bond donors (Lipinski definition) is 4. The van der Waals surface area contributed by atoms with Crippen LogP contribution in [0.4, 0.5) is 13.2 Å². The number of amides is 1. The minimum Gasteiger partial charge on any atom is -0.477 e. The van der Waals surface area contributed by atoms with Gasteiger partial charge in [-0.1, -0.05) is 0 Å². The third kappa shape index (κ3) is 3.20. The lowest BCUT2D eigenvalue weighted by molar-refractivity contribution is -0.201. The van der Waals surface area contributed by atoms with Crippen LogP contribution in [0.25, 0.3) is 0 Å². The first-order valence-corrected chi connectivity index (χ1v) is 4.53. The van der Waals surface area contributed by atoms with E-state index in [1.807, 2.05) is 0 Å². The molecule has 1 atom stereocenters. The molecule has 0 aromatic carbocycles. The van der Waals surface area contributed by atoms with Crippen LogP contribution < -0.4 is 5.32 Å². The number of carboxylic acid groups (broad SMARTS) is 1. The SMILES string of the molecule is O=C(NCC(O)C(F)(F)F)c1nc[nH]c1C(=O)O. The van der Waals surface area contributed by atoms with Gasteiger partial charge in [-0.2, -0.15) is 13.2 Å². The number of aliphatic hydroxyl groups excluding tert-OH is 1. The van der Waals surface area contributed by atoms with Gasteiger partial charge >= 0.3 is 12.1 Å². The summed E-state index contributed by atoms with van der Waals surface area (Å²) in [5.41, 5.74) is -1.11. The summed E-state index contributed by atoms with van der Waals surface area (Å²) in [7, 11) is 0. The fourth-order valence-corrected chi connectivity index (χ4v) is 1.02. The predicted molar refractivity (Wildman–Crippen MR) is 49.9 cm³/mol. The van der Waals surface area contributed by atoms with Gasteiger partial charge in [0.15, 0.2) is 17.5 Å². The van der Waals surface area contributed by atoms with E-state index in [0.29, 0.717) is 0 Å². The normalized spacial score (nSPS) is 13.1. The fourth-order valence-electron chi connectivity index (χ4n) is 1.02. The maximum Gasteiger partial charge on any atom is 0.416 e. The van der Waals surface area contributed by atoms with E-state index >= 15 is 0 Å². The fraction of sp³-hybridized carbons (Fsp3) is 0.375. The summed E-state index contributed by atoms with van der Waals surface area (Å²) in [4.78, 5) is 27.4. The van der Waals surface area contributed by atoms with Crippen molar-refractivity contribution in [1.82, 2.24) is 15.3 Å². The molecule has 10 heteroatoms. The Kier molecular flexibility index (Phi) is 3.91. The number of aromatic amines is 1. The number of nitrogens with one attached hydrogen (secondary N) is 2. The van der Waals surface area contributed by atoms with Gasteiger partial charge in [0.05, 0.1) is 12.9 Å². The van der Waals surface area contributed by atoms with E-state index in [9.17, 15) is 22.8 Å². The molecule has 0 saturated heterocycles. The zero-order chi connectivity index (χ0) is 13.9. The van der Waals surface area contributed by atoms with E-state index in [2.05, 4.69) is 9.97 Å². The van der Waals surface area contributed by atoms with Crippen LogP contribution in [0, 0.1) is 0 Å². The van der Waals surface area contributed by atoms with Gasteiger partial charge in [-0.05, 0) is 0 Å². The van der Waals surface area contributed by atoms with Gasteiger partial charge in [0.2, 0.25) is 0 Å². The van der Waals surface area contributed by atoms with Gasteiger partial charge in [0.1, 0.15) is 0 Å². The van der Waals surface area contributed by atoms with Gasteiger partial charge < -0.3 is 20.5 Å². The monoisotopic (exact) mass is 267 g/mol. The van der Waals surface area contributed by atoms with Gasteiger partial charge in [-0.15, -0.1) is 0 Å². The molecule has 0 aliphatic carbocycles. The first kappa shape index (κ1) is 14.0. The second-order valence-corrected chi connectivity index (χ2v) is 3.20. The number of alkyl halides is 3. The van der Waals surface area contributed by atoms with Crippen LogP contribution in [0.15, 0.2) is 6.33 Å². The average Bonchev–Trinajstić information content (AvgIpc) is 2.72. The van der Waals surface area contributed by atoms with E-state index in [1.54, 1.807) is 5.32 Å². The smallest absolute Gasteiger partial charge is 0.416 e. The van der Waals surface area contributed by atoms with E-state index in [1.165, 1.54) is 0 Å². The Morgan fingerprint density at radius 2 is 2.11 bits per heavy atom. The van der Waals surface area contributed by atoms with Crippen molar-refractivity contribution in [3.63, 3.8) is 0 Å². The first-order valence-electron chi connectivity index (χ1n) is 4.53. The topological polar surface area (TPSA) is 115 Å². The van der Waals surface area contributed by atoms with Crippen molar-refractivity contribution in [2.75, 3.05) is 6.54 Å². The molecule has 0 aliphatic rings. The molecule has 0 bridgehead atoms. The number of aromatic nitrogens is 2. The van der Waals surface area contributed by atoms with Gasteiger partial charge in [-0.25, -0.2) is 9.78 Å². The standard InChI is InChI=1S/C8H8F3N3O4/c9-8(10,11)3(15)1-12-6(16)4-5(7(17)18)14-2-13-4/h2-3,15H,1H2,(H,12,16)(H,13,14)(H,17,18). The second-order valence-electron chi connectivity index (χ2n) is 3.20. The molecule has 0 radical (unpaired) electrons. The third-order valence-corrected chi connectivity index (χ3v) is 1.90. The number of carbonyl (C=O) groups excluding carboxylic acids is 1.